The number of carbonyl (C=O) groups is 1. The molecule has 184 valence electrons. The van der Waals surface area contributed by atoms with E-state index in [1.165, 1.54) is 0 Å². The van der Waals surface area contributed by atoms with Crippen molar-refractivity contribution >= 4 is 34.4 Å². The highest BCUT2D eigenvalue weighted by Crippen LogP contribution is 2.32. The molecule has 4 aromatic rings. The molecule has 0 bridgehead atoms. The fourth-order valence-electron chi connectivity index (χ4n) is 5.03. The molecule has 9 heteroatoms. The molecule has 0 unspecified atom stereocenters. The maximum absolute atomic E-state index is 13.0. The number of halogens is 1. The van der Waals surface area contributed by atoms with Gasteiger partial charge in [-0.15, -0.1) is 0 Å². The summed E-state index contributed by atoms with van der Waals surface area (Å²) in [7, 11) is 0. The molecule has 0 saturated carbocycles. The summed E-state index contributed by atoms with van der Waals surface area (Å²) in [6.45, 7) is 4.25. The number of morpholine rings is 1. The Bertz CT molecular complexity index is 1380. The highest BCUT2D eigenvalue weighted by molar-refractivity contribution is 6.30. The van der Waals surface area contributed by atoms with Crippen LogP contribution in [0.2, 0.25) is 5.02 Å². The van der Waals surface area contributed by atoms with E-state index in [0.29, 0.717) is 42.7 Å². The molecule has 2 saturated heterocycles. The Kier molecular flexibility index (Phi) is 6.29. The van der Waals surface area contributed by atoms with Crippen molar-refractivity contribution in [2.24, 2.45) is 0 Å². The van der Waals surface area contributed by atoms with E-state index >= 15 is 0 Å². The average Bonchev–Trinajstić information content (AvgIpc) is 3.37. The summed E-state index contributed by atoms with van der Waals surface area (Å²) in [5, 5.41) is 6.31. The first kappa shape index (κ1) is 22.9. The normalized spacial score (nSPS) is 17.0. The second-order valence-electron chi connectivity index (χ2n) is 9.20. The van der Waals surface area contributed by atoms with Gasteiger partial charge in [0.15, 0.2) is 11.5 Å². The van der Waals surface area contributed by atoms with Gasteiger partial charge in [0.1, 0.15) is 5.82 Å². The van der Waals surface area contributed by atoms with E-state index in [2.05, 4.69) is 4.90 Å². The van der Waals surface area contributed by atoms with Crippen LogP contribution < -0.4 is 4.90 Å². The van der Waals surface area contributed by atoms with Crippen LogP contribution in [0.5, 0.6) is 0 Å². The molecular formula is C27H27ClN6O2. The van der Waals surface area contributed by atoms with Crippen LogP contribution in [0, 0.1) is 0 Å². The van der Waals surface area contributed by atoms with Crippen molar-refractivity contribution in [1.29, 1.82) is 0 Å². The standard InChI is InChI=1S/C27H27ClN6O2/c28-21-8-4-7-20(17-21)27(35)33-11-9-22(10-12-33)34-26-23(18-29-34)25(32-13-15-36-16-14-32)30-24(31-26)19-5-2-1-3-6-19/h1-8,17-18,22H,9-16H2. The summed E-state index contributed by atoms with van der Waals surface area (Å²) in [6.07, 6.45) is 3.50. The Balaban J connectivity index is 1.30. The highest BCUT2D eigenvalue weighted by atomic mass is 35.5. The lowest BCUT2D eigenvalue weighted by molar-refractivity contribution is 0.0691. The third-order valence-electron chi connectivity index (χ3n) is 6.95. The molecule has 2 aliphatic heterocycles. The van der Waals surface area contributed by atoms with Crippen LogP contribution in [0.15, 0.2) is 60.8 Å². The Morgan fingerprint density at radius 3 is 2.47 bits per heavy atom. The van der Waals surface area contributed by atoms with Gasteiger partial charge in [0.2, 0.25) is 0 Å². The van der Waals surface area contributed by atoms with Gasteiger partial charge in [0.05, 0.1) is 30.8 Å². The van der Waals surface area contributed by atoms with Crippen LogP contribution in [0.4, 0.5) is 5.82 Å². The van der Waals surface area contributed by atoms with E-state index in [9.17, 15) is 4.79 Å². The summed E-state index contributed by atoms with van der Waals surface area (Å²) in [6, 6.07) is 17.4. The summed E-state index contributed by atoms with van der Waals surface area (Å²) < 4.78 is 7.61. The predicted molar refractivity (Wildman–Crippen MR) is 139 cm³/mol. The first-order chi connectivity index (χ1) is 17.7. The molecule has 2 aliphatic rings. The van der Waals surface area contributed by atoms with Gasteiger partial charge in [-0.25, -0.2) is 14.6 Å². The molecule has 36 heavy (non-hydrogen) atoms. The fraction of sp³-hybridized carbons (Fsp3) is 0.333. The topological polar surface area (TPSA) is 76.4 Å². The van der Waals surface area contributed by atoms with E-state index in [4.69, 9.17) is 31.4 Å². The number of likely N-dealkylation sites (tertiary alicyclic amines) is 1. The van der Waals surface area contributed by atoms with Crippen LogP contribution in [0.25, 0.3) is 22.4 Å². The van der Waals surface area contributed by atoms with Crippen molar-refractivity contribution < 1.29 is 9.53 Å². The zero-order valence-electron chi connectivity index (χ0n) is 19.9. The first-order valence-electron chi connectivity index (χ1n) is 12.4. The number of benzene rings is 2. The van der Waals surface area contributed by atoms with Gasteiger partial charge < -0.3 is 14.5 Å². The zero-order chi connectivity index (χ0) is 24.5. The second kappa shape index (κ2) is 9.87. The average molecular weight is 503 g/mol. The molecule has 2 aromatic carbocycles. The van der Waals surface area contributed by atoms with Gasteiger partial charge in [-0.1, -0.05) is 48.0 Å². The van der Waals surface area contributed by atoms with Crippen molar-refractivity contribution in [2.75, 3.05) is 44.3 Å². The SMILES string of the molecule is O=C(c1cccc(Cl)c1)N1CCC(n2ncc3c(N4CCOCC4)nc(-c4ccccc4)nc32)CC1. The molecule has 2 aromatic heterocycles. The Morgan fingerprint density at radius 2 is 1.72 bits per heavy atom. The molecule has 2 fully saturated rings. The summed E-state index contributed by atoms with van der Waals surface area (Å²) in [5.74, 6) is 1.62. The number of nitrogens with zero attached hydrogens (tertiary/aromatic N) is 6. The summed E-state index contributed by atoms with van der Waals surface area (Å²) >= 11 is 6.10. The third kappa shape index (κ3) is 4.42. The lowest BCUT2D eigenvalue weighted by Gasteiger charge is -2.32. The minimum atomic E-state index is 0.0181. The Morgan fingerprint density at radius 1 is 0.944 bits per heavy atom. The number of fused-ring (bicyclic) bond motifs is 1. The summed E-state index contributed by atoms with van der Waals surface area (Å²) in [5.41, 5.74) is 2.44. The number of hydrogen-bond acceptors (Lipinski definition) is 6. The van der Waals surface area contributed by atoms with Crippen molar-refractivity contribution in [1.82, 2.24) is 24.6 Å². The molecule has 8 nitrogen and oxygen atoms in total. The molecular weight excluding hydrogens is 476 g/mol. The maximum atomic E-state index is 13.0. The molecule has 0 aliphatic carbocycles. The van der Waals surface area contributed by atoms with E-state index in [1.807, 2.05) is 58.2 Å². The highest BCUT2D eigenvalue weighted by Gasteiger charge is 2.28. The largest absolute Gasteiger partial charge is 0.378 e. The van der Waals surface area contributed by atoms with E-state index in [0.717, 1.165) is 48.3 Å². The van der Waals surface area contributed by atoms with Crippen LogP contribution in [-0.2, 0) is 4.74 Å². The second-order valence-corrected chi connectivity index (χ2v) is 9.63. The molecule has 0 radical (unpaired) electrons. The molecule has 0 spiro atoms. The number of piperidine rings is 1. The maximum Gasteiger partial charge on any atom is 0.253 e. The predicted octanol–water partition coefficient (Wildman–Crippen LogP) is 4.46. The fourth-order valence-corrected chi connectivity index (χ4v) is 5.22. The van der Waals surface area contributed by atoms with E-state index < -0.39 is 0 Å². The van der Waals surface area contributed by atoms with E-state index in [-0.39, 0.29) is 11.9 Å². The smallest absolute Gasteiger partial charge is 0.253 e. The number of amides is 1. The van der Waals surface area contributed by atoms with E-state index in [1.54, 1.807) is 12.1 Å². The van der Waals surface area contributed by atoms with Gasteiger partial charge in [0, 0.05) is 42.3 Å². The van der Waals surface area contributed by atoms with Gasteiger partial charge >= 0.3 is 0 Å². The molecule has 6 rings (SSSR count). The first-order valence-corrected chi connectivity index (χ1v) is 12.7. The van der Waals surface area contributed by atoms with Crippen LogP contribution in [-0.4, -0.2) is 69.9 Å². The monoisotopic (exact) mass is 502 g/mol. The quantitative estimate of drug-likeness (QED) is 0.410. The third-order valence-corrected chi connectivity index (χ3v) is 7.18. The number of anilines is 1. The molecule has 4 heterocycles. The molecule has 0 N–H and O–H groups in total. The van der Waals surface area contributed by atoms with Crippen molar-refractivity contribution in [3.05, 3.63) is 71.4 Å². The number of carbonyl (C=O) groups excluding carboxylic acids is 1. The minimum absolute atomic E-state index is 0.0181. The van der Waals surface area contributed by atoms with Crippen molar-refractivity contribution in [2.45, 2.75) is 18.9 Å². The lowest BCUT2D eigenvalue weighted by atomic mass is 10.0. The summed E-state index contributed by atoms with van der Waals surface area (Å²) in [4.78, 5) is 27.1. The van der Waals surface area contributed by atoms with Crippen molar-refractivity contribution in [3.8, 4) is 11.4 Å². The van der Waals surface area contributed by atoms with Crippen LogP contribution in [0.3, 0.4) is 0 Å². The van der Waals surface area contributed by atoms with Crippen LogP contribution in [0.1, 0.15) is 29.2 Å². The number of aromatic nitrogens is 4. The van der Waals surface area contributed by atoms with Gasteiger partial charge in [0.25, 0.3) is 5.91 Å². The minimum Gasteiger partial charge on any atom is -0.378 e. The Hall–Kier alpha value is -3.49. The molecule has 0 atom stereocenters. The molecule has 1 amide bonds. The Labute approximate surface area is 214 Å². The number of rotatable bonds is 4. The van der Waals surface area contributed by atoms with Gasteiger partial charge in [-0.05, 0) is 31.0 Å². The van der Waals surface area contributed by atoms with Gasteiger partial charge in [-0.2, -0.15) is 5.10 Å². The van der Waals surface area contributed by atoms with Crippen LogP contribution >= 0.6 is 11.6 Å². The van der Waals surface area contributed by atoms with Crippen molar-refractivity contribution in [3.63, 3.8) is 0 Å². The van der Waals surface area contributed by atoms with Gasteiger partial charge in [-0.3, -0.25) is 4.79 Å². The zero-order valence-corrected chi connectivity index (χ0v) is 20.6. The number of ether oxygens (including phenoxy) is 1. The lowest BCUT2D eigenvalue weighted by Crippen LogP contribution is -2.39. The number of hydrogen-bond donors (Lipinski definition) is 0.